The maximum absolute atomic E-state index is 11.4. The maximum Gasteiger partial charge on any atom is 0.333 e. The largest absolute Gasteiger partial charge is 0.505 e. The average molecular weight is 275 g/mol. The summed E-state index contributed by atoms with van der Waals surface area (Å²) in [6, 6.07) is 3.04. The van der Waals surface area contributed by atoms with Gasteiger partial charge >= 0.3 is 5.97 Å². The Morgan fingerprint density at radius 3 is 2.41 bits per heavy atom. The molecule has 3 nitrogen and oxygen atoms in total. The lowest BCUT2D eigenvalue weighted by Gasteiger charge is -2.04. The van der Waals surface area contributed by atoms with Crippen molar-refractivity contribution < 1.29 is 14.6 Å². The van der Waals surface area contributed by atoms with E-state index in [1.807, 2.05) is 0 Å². The van der Waals surface area contributed by atoms with Crippen molar-refractivity contribution in [1.29, 1.82) is 0 Å². The molecule has 0 radical (unpaired) electrons. The number of benzene rings is 1. The lowest BCUT2D eigenvalue weighted by Crippen LogP contribution is -2.04. The van der Waals surface area contributed by atoms with E-state index in [1.165, 1.54) is 12.1 Å². The van der Waals surface area contributed by atoms with Gasteiger partial charge in [0.05, 0.1) is 16.7 Å². The van der Waals surface area contributed by atoms with E-state index >= 15 is 0 Å². The van der Waals surface area contributed by atoms with Crippen LogP contribution in [0.25, 0.3) is 6.08 Å². The summed E-state index contributed by atoms with van der Waals surface area (Å²) in [6.07, 6.45) is 1.59. The second-order valence-electron chi connectivity index (χ2n) is 3.38. The van der Waals surface area contributed by atoms with Gasteiger partial charge in [0.1, 0.15) is 0 Å². The third-order valence-electron chi connectivity index (χ3n) is 2.02. The van der Waals surface area contributed by atoms with Crippen LogP contribution in [0.5, 0.6) is 5.75 Å². The van der Waals surface area contributed by atoms with Gasteiger partial charge in [-0.25, -0.2) is 4.79 Å². The van der Waals surface area contributed by atoms with Crippen LogP contribution in [0.15, 0.2) is 17.7 Å². The molecule has 0 fully saturated rings. The van der Waals surface area contributed by atoms with Crippen molar-refractivity contribution in [3.05, 3.63) is 33.3 Å². The number of phenols is 1. The number of carbonyl (C=O) groups excluding carboxylic acids is 1. The number of hydrogen-bond acceptors (Lipinski definition) is 3. The summed E-state index contributed by atoms with van der Waals surface area (Å²) in [5.74, 6) is -0.563. The summed E-state index contributed by atoms with van der Waals surface area (Å²) in [5.41, 5.74) is 1.06. The van der Waals surface area contributed by atoms with Crippen molar-refractivity contribution in [1.82, 2.24) is 0 Å². The molecular weight excluding hydrogens is 263 g/mol. The second-order valence-corrected chi connectivity index (χ2v) is 4.20. The number of rotatable bonds is 3. The van der Waals surface area contributed by atoms with Gasteiger partial charge in [-0.1, -0.05) is 23.2 Å². The molecule has 0 aliphatic rings. The Balaban J connectivity index is 3.02. The zero-order chi connectivity index (χ0) is 13.0. The minimum atomic E-state index is -0.396. The molecule has 0 saturated carbocycles. The third-order valence-corrected chi connectivity index (χ3v) is 2.60. The summed E-state index contributed by atoms with van der Waals surface area (Å²) in [5, 5.41) is 9.66. The first-order chi connectivity index (χ1) is 7.95. The Morgan fingerprint density at radius 1 is 1.41 bits per heavy atom. The molecule has 92 valence electrons. The molecule has 0 amide bonds. The monoisotopic (exact) mass is 274 g/mol. The van der Waals surface area contributed by atoms with Crippen LogP contribution < -0.4 is 0 Å². The van der Waals surface area contributed by atoms with Gasteiger partial charge in [0, 0.05) is 5.57 Å². The van der Waals surface area contributed by atoms with E-state index in [1.54, 1.807) is 19.9 Å². The highest BCUT2D eigenvalue weighted by molar-refractivity contribution is 6.37. The molecule has 0 atom stereocenters. The fourth-order valence-corrected chi connectivity index (χ4v) is 1.73. The van der Waals surface area contributed by atoms with Crippen LogP contribution in [0.4, 0.5) is 0 Å². The zero-order valence-electron chi connectivity index (χ0n) is 9.46. The number of carbonyl (C=O) groups is 1. The SMILES string of the molecule is CCOC(=O)/C(C)=C/c1cc(Cl)c(O)c(Cl)c1. The number of hydrogen-bond donors (Lipinski definition) is 1. The Hall–Kier alpha value is -1.19. The molecule has 0 heterocycles. The predicted octanol–water partition coefficient (Wildman–Crippen LogP) is 3.67. The minimum absolute atomic E-state index is 0.139. The standard InChI is InChI=1S/C12H12Cl2O3/c1-3-17-12(16)7(2)4-8-5-9(13)11(15)10(14)6-8/h4-6,15H,3H2,1-2H3/b7-4+. The van der Waals surface area contributed by atoms with E-state index in [2.05, 4.69) is 0 Å². The number of esters is 1. The average Bonchev–Trinajstić information content (AvgIpc) is 2.26. The predicted molar refractivity (Wildman–Crippen MR) is 68.4 cm³/mol. The molecule has 5 heteroatoms. The zero-order valence-corrected chi connectivity index (χ0v) is 11.0. The third kappa shape index (κ3) is 3.65. The van der Waals surface area contributed by atoms with E-state index in [9.17, 15) is 9.90 Å². The van der Waals surface area contributed by atoms with Crippen LogP contribution in [0.1, 0.15) is 19.4 Å². The van der Waals surface area contributed by atoms with Crippen molar-refractivity contribution in [2.45, 2.75) is 13.8 Å². The van der Waals surface area contributed by atoms with Gasteiger partial charge in [0.15, 0.2) is 5.75 Å². The summed E-state index contributed by atoms with van der Waals surface area (Å²) < 4.78 is 4.84. The molecule has 1 aromatic carbocycles. The van der Waals surface area contributed by atoms with Gasteiger partial charge in [-0.05, 0) is 37.6 Å². The highest BCUT2D eigenvalue weighted by Gasteiger charge is 2.08. The van der Waals surface area contributed by atoms with Crippen LogP contribution in [0.2, 0.25) is 10.0 Å². The van der Waals surface area contributed by atoms with E-state index in [0.29, 0.717) is 17.7 Å². The molecule has 0 spiro atoms. The topological polar surface area (TPSA) is 46.5 Å². The normalized spacial score (nSPS) is 11.4. The summed E-state index contributed by atoms with van der Waals surface area (Å²) in [6.45, 7) is 3.69. The van der Waals surface area contributed by atoms with Gasteiger partial charge in [0.25, 0.3) is 0 Å². The molecular formula is C12H12Cl2O3. The van der Waals surface area contributed by atoms with E-state index < -0.39 is 5.97 Å². The van der Waals surface area contributed by atoms with Crippen molar-refractivity contribution in [2.24, 2.45) is 0 Å². The Bertz CT molecular complexity index is 444. The summed E-state index contributed by atoms with van der Waals surface area (Å²) in [7, 11) is 0. The first kappa shape index (κ1) is 13.9. The highest BCUT2D eigenvalue weighted by Crippen LogP contribution is 2.33. The Morgan fingerprint density at radius 2 is 1.94 bits per heavy atom. The molecule has 0 aromatic heterocycles. The maximum atomic E-state index is 11.4. The van der Waals surface area contributed by atoms with Crippen LogP contribution >= 0.6 is 23.2 Å². The van der Waals surface area contributed by atoms with Gasteiger partial charge in [-0.15, -0.1) is 0 Å². The lowest BCUT2D eigenvalue weighted by molar-refractivity contribution is -0.138. The van der Waals surface area contributed by atoms with Crippen molar-refractivity contribution in [3.8, 4) is 5.75 Å². The van der Waals surface area contributed by atoms with Crippen LogP contribution in [-0.4, -0.2) is 17.7 Å². The first-order valence-corrected chi connectivity index (χ1v) is 5.74. The number of halogens is 2. The van der Waals surface area contributed by atoms with Crippen molar-refractivity contribution >= 4 is 35.2 Å². The fourth-order valence-electron chi connectivity index (χ4n) is 1.22. The van der Waals surface area contributed by atoms with E-state index in [0.717, 1.165) is 0 Å². The molecule has 1 rings (SSSR count). The highest BCUT2D eigenvalue weighted by atomic mass is 35.5. The molecule has 17 heavy (non-hydrogen) atoms. The van der Waals surface area contributed by atoms with Gasteiger partial charge in [-0.2, -0.15) is 0 Å². The first-order valence-electron chi connectivity index (χ1n) is 4.99. The summed E-state index contributed by atoms with van der Waals surface area (Å²) in [4.78, 5) is 11.4. The number of phenolic OH excluding ortho intramolecular Hbond substituents is 1. The summed E-state index contributed by atoms with van der Waals surface area (Å²) >= 11 is 11.5. The molecule has 1 N–H and O–H groups in total. The Labute approximate surface area is 110 Å². The molecule has 0 aliphatic heterocycles. The van der Waals surface area contributed by atoms with Gasteiger partial charge in [0.2, 0.25) is 0 Å². The van der Waals surface area contributed by atoms with Crippen molar-refractivity contribution in [2.75, 3.05) is 6.61 Å². The number of ether oxygens (including phenoxy) is 1. The molecule has 0 aliphatic carbocycles. The van der Waals surface area contributed by atoms with Crippen LogP contribution in [-0.2, 0) is 9.53 Å². The van der Waals surface area contributed by atoms with E-state index in [-0.39, 0.29) is 15.8 Å². The van der Waals surface area contributed by atoms with Gasteiger partial charge in [-0.3, -0.25) is 0 Å². The second kappa shape index (κ2) is 5.94. The minimum Gasteiger partial charge on any atom is -0.505 e. The molecule has 1 aromatic rings. The molecule has 0 saturated heterocycles. The van der Waals surface area contributed by atoms with Crippen LogP contribution in [0, 0.1) is 0 Å². The molecule has 0 unspecified atom stereocenters. The van der Waals surface area contributed by atoms with Gasteiger partial charge < -0.3 is 9.84 Å². The quantitative estimate of drug-likeness (QED) is 0.676. The molecule has 0 bridgehead atoms. The fraction of sp³-hybridized carbons (Fsp3) is 0.250. The van der Waals surface area contributed by atoms with E-state index in [4.69, 9.17) is 27.9 Å². The smallest absolute Gasteiger partial charge is 0.333 e. The van der Waals surface area contributed by atoms with Crippen LogP contribution in [0.3, 0.4) is 0 Å². The lowest BCUT2D eigenvalue weighted by atomic mass is 10.1. The number of aromatic hydroxyl groups is 1. The Kier molecular flexibility index (Phi) is 4.85. The van der Waals surface area contributed by atoms with Crippen molar-refractivity contribution in [3.63, 3.8) is 0 Å².